The van der Waals surface area contributed by atoms with Crippen molar-refractivity contribution < 1.29 is 24.2 Å². The van der Waals surface area contributed by atoms with E-state index < -0.39 is 18.2 Å². The van der Waals surface area contributed by atoms with Crippen LogP contribution in [0, 0.1) is 5.92 Å². The number of esters is 1. The van der Waals surface area contributed by atoms with E-state index in [0.29, 0.717) is 29.6 Å². The number of allylic oxidation sites excluding steroid dienone is 1. The van der Waals surface area contributed by atoms with E-state index in [0.717, 1.165) is 0 Å². The summed E-state index contributed by atoms with van der Waals surface area (Å²) in [6, 6.07) is 0. The topological polar surface area (TPSA) is 80.7 Å². The van der Waals surface area contributed by atoms with E-state index >= 15 is 0 Å². The van der Waals surface area contributed by atoms with Crippen LogP contribution in [0.25, 0.3) is 0 Å². The molecule has 108 valence electrons. The van der Waals surface area contributed by atoms with Gasteiger partial charge in [0.25, 0.3) is 0 Å². The quantitative estimate of drug-likeness (QED) is 0.615. The van der Waals surface area contributed by atoms with Gasteiger partial charge in [-0.2, -0.15) is 0 Å². The van der Waals surface area contributed by atoms with Crippen LogP contribution in [0.15, 0.2) is 23.3 Å². The zero-order valence-electron chi connectivity index (χ0n) is 11.6. The fourth-order valence-electron chi connectivity index (χ4n) is 2.82. The number of carbonyl (C=O) groups is 3. The van der Waals surface area contributed by atoms with Gasteiger partial charge >= 0.3 is 5.97 Å². The number of hydrogen-bond donors (Lipinski definition) is 1. The summed E-state index contributed by atoms with van der Waals surface area (Å²) in [4.78, 5) is 34.5. The van der Waals surface area contributed by atoms with Gasteiger partial charge in [0.1, 0.15) is 11.9 Å². The van der Waals surface area contributed by atoms with Gasteiger partial charge in [-0.3, -0.25) is 4.79 Å². The second kappa shape index (κ2) is 5.32. The highest BCUT2D eigenvalue weighted by atomic mass is 16.6. The molecule has 0 amide bonds. The molecule has 1 N–H and O–H groups in total. The van der Waals surface area contributed by atoms with E-state index in [9.17, 15) is 19.5 Å². The monoisotopic (exact) mass is 278 g/mol. The maximum atomic E-state index is 11.7. The summed E-state index contributed by atoms with van der Waals surface area (Å²) in [5.74, 6) is -0.983. The molecule has 3 atom stereocenters. The van der Waals surface area contributed by atoms with Crippen LogP contribution in [0.1, 0.15) is 33.1 Å². The molecule has 2 aliphatic rings. The van der Waals surface area contributed by atoms with Crippen molar-refractivity contribution in [3.63, 3.8) is 0 Å². The molecule has 20 heavy (non-hydrogen) atoms. The Morgan fingerprint density at radius 3 is 2.60 bits per heavy atom. The number of rotatable bonds is 4. The first-order chi connectivity index (χ1) is 9.32. The zero-order valence-corrected chi connectivity index (χ0v) is 11.6. The predicted octanol–water partition coefficient (Wildman–Crippen LogP) is 1.10. The smallest absolute Gasteiger partial charge is 0.334 e. The Balaban J connectivity index is 2.29. The van der Waals surface area contributed by atoms with Gasteiger partial charge in [0, 0.05) is 29.9 Å². The summed E-state index contributed by atoms with van der Waals surface area (Å²) < 4.78 is 5.27. The fraction of sp³-hybridized carbons (Fsp3) is 0.533. The van der Waals surface area contributed by atoms with Crippen molar-refractivity contribution in [2.75, 3.05) is 0 Å². The maximum Gasteiger partial charge on any atom is 0.334 e. The number of aliphatic hydroxyl groups is 1. The Morgan fingerprint density at radius 2 is 2.10 bits per heavy atom. The van der Waals surface area contributed by atoms with E-state index in [1.807, 2.05) is 0 Å². The molecule has 1 heterocycles. The van der Waals surface area contributed by atoms with E-state index in [1.54, 1.807) is 6.92 Å². The number of aliphatic hydroxyl groups excluding tert-OH is 1. The van der Waals surface area contributed by atoms with Crippen molar-refractivity contribution in [2.45, 2.75) is 45.3 Å². The van der Waals surface area contributed by atoms with Crippen LogP contribution in [0.2, 0.25) is 0 Å². The lowest BCUT2D eigenvalue weighted by atomic mass is 9.86. The van der Waals surface area contributed by atoms with E-state index in [2.05, 4.69) is 6.58 Å². The minimum atomic E-state index is -0.911. The van der Waals surface area contributed by atoms with Gasteiger partial charge < -0.3 is 14.6 Å². The van der Waals surface area contributed by atoms with Crippen LogP contribution in [-0.2, 0) is 19.1 Å². The largest absolute Gasteiger partial charge is 0.454 e. The van der Waals surface area contributed by atoms with Crippen molar-refractivity contribution in [3.8, 4) is 0 Å². The van der Waals surface area contributed by atoms with Gasteiger partial charge in [-0.1, -0.05) is 6.58 Å². The Morgan fingerprint density at radius 1 is 1.45 bits per heavy atom. The molecular formula is C15H18O5. The van der Waals surface area contributed by atoms with Crippen LogP contribution >= 0.6 is 0 Å². The molecule has 0 aromatic rings. The van der Waals surface area contributed by atoms with Gasteiger partial charge in [-0.25, -0.2) is 4.79 Å². The van der Waals surface area contributed by atoms with Crippen LogP contribution in [0.5, 0.6) is 0 Å². The molecule has 0 radical (unpaired) electrons. The Labute approximate surface area is 117 Å². The van der Waals surface area contributed by atoms with Gasteiger partial charge in [-0.15, -0.1) is 0 Å². The Bertz CT molecular complexity index is 528. The molecule has 1 aliphatic carbocycles. The third kappa shape index (κ3) is 2.45. The normalized spacial score (nSPS) is 30.1. The van der Waals surface area contributed by atoms with Crippen molar-refractivity contribution in [1.82, 2.24) is 0 Å². The average Bonchev–Trinajstić information content (AvgIpc) is 2.76. The third-order valence-corrected chi connectivity index (χ3v) is 4.01. The second-order valence-corrected chi connectivity index (χ2v) is 5.42. The fourth-order valence-corrected chi connectivity index (χ4v) is 2.82. The molecule has 0 spiro atoms. The lowest BCUT2D eigenvalue weighted by molar-refractivity contribution is -0.138. The lowest BCUT2D eigenvalue weighted by Crippen LogP contribution is -2.26. The maximum absolute atomic E-state index is 11.7. The predicted molar refractivity (Wildman–Crippen MR) is 70.8 cm³/mol. The first kappa shape index (κ1) is 14.7. The first-order valence-corrected chi connectivity index (χ1v) is 6.64. The molecule has 5 nitrogen and oxygen atoms in total. The van der Waals surface area contributed by atoms with E-state index in [1.165, 1.54) is 6.92 Å². The standard InChI is InChI=1S/C15H18O5/c1-7(16)4-5-10-8(2)15(19)20-14(10)13-9(3)11(17)6-12(13)18/h10,12,14,18H,2,4-6H2,1,3H3/t10-,12-,14+/m0/s1. The average molecular weight is 278 g/mol. The third-order valence-electron chi connectivity index (χ3n) is 4.01. The van der Waals surface area contributed by atoms with E-state index in [-0.39, 0.29) is 23.9 Å². The van der Waals surface area contributed by atoms with Gasteiger partial charge in [0.05, 0.1) is 6.10 Å². The second-order valence-electron chi connectivity index (χ2n) is 5.42. The molecule has 5 heteroatoms. The number of hydrogen-bond acceptors (Lipinski definition) is 5. The highest BCUT2D eigenvalue weighted by molar-refractivity contribution is 6.00. The molecule has 0 aromatic carbocycles. The molecule has 0 aromatic heterocycles. The molecule has 1 aliphatic heterocycles. The number of cyclic esters (lactones) is 1. The molecule has 2 rings (SSSR count). The van der Waals surface area contributed by atoms with Crippen LogP contribution in [-0.4, -0.2) is 34.9 Å². The van der Waals surface area contributed by atoms with Gasteiger partial charge in [-0.05, 0) is 25.8 Å². The number of ketones is 2. The summed E-state index contributed by atoms with van der Waals surface area (Å²) in [6.45, 7) is 6.82. The summed E-state index contributed by atoms with van der Waals surface area (Å²) in [7, 11) is 0. The minimum Gasteiger partial charge on any atom is -0.454 e. The molecule has 0 unspecified atom stereocenters. The highest BCUT2D eigenvalue weighted by Gasteiger charge is 2.45. The van der Waals surface area contributed by atoms with E-state index in [4.69, 9.17) is 4.74 Å². The summed E-state index contributed by atoms with van der Waals surface area (Å²) in [6.07, 6.45) is -0.807. The van der Waals surface area contributed by atoms with Gasteiger partial charge in [0.2, 0.25) is 0 Å². The van der Waals surface area contributed by atoms with Crippen molar-refractivity contribution in [1.29, 1.82) is 0 Å². The number of ether oxygens (including phenoxy) is 1. The van der Waals surface area contributed by atoms with Crippen molar-refractivity contribution in [3.05, 3.63) is 23.3 Å². The zero-order chi connectivity index (χ0) is 15.0. The number of carbonyl (C=O) groups excluding carboxylic acids is 3. The molecule has 0 saturated carbocycles. The van der Waals surface area contributed by atoms with Gasteiger partial charge in [0.15, 0.2) is 5.78 Å². The molecule has 0 bridgehead atoms. The molecule has 1 fully saturated rings. The summed E-state index contributed by atoms with van der Waals surface area (Å²) in [5, 5.41) is 9.99. The highest BCUT2D eigenvalue weighted by Crippen LogP contribution is 2.39. The summed E-state index contributed by atoms with van der Waals surface area (Å²) >= 11 is 0. The SMILES string of the molecule is C=C1C(=O)O[C@@H](C2=C(C)C(=O)C[C@@H]2O)[C@H]1CCC(C)=O. The Hall–Kier alpha value is -1.75. The molecule has 1 saturated heterocycles. The van der Waals surface area contributed by atoms with Crippen LogP contribution in [0.3, 0.4) is 0 Å². The number of Topliss-reactive ketones (excluding diaryl/α,β-unsaturated/α-hetero) is 2. The van der Waals surface area contributed by atoms with Crippen molar-refractivity contribution in [2.24, 2.45) is 5.92 Å². The summed E-state index contributed by atoms with van der Waals surface area (Å²) in [5.41, 5.74) is 1.23. The lowest BCUT2D eigenvalue weighted by Gasteiger charge is -2.21. The van der Waals surface area contributed by atoms with Crippen LogP contribution in [0.4, 0.5) is 0 Å². The first-order valence-electron chi connectivity index (χ1n) is 6.64. The minimum absolute atomic E-state index is 0.0182. The van der Waals surface area contributed by atoms with Crippen molar-refractivity contribution >= 4 is 17.5 Å². The van der Waals surface area contributed by atoms with Crippen LogP contribution < -0.4 is 0 Å². The Kier molecular flexibility index (Phi) is 3.90. The molecular weight excluding hydrogens is 260 g/mol.